The maximum atomic E-state index is 13.4. The molecule has 8 bridgehead atoms. The minimum Gasteiger partial charge on any atom is -0.508 e. The summed E-state index contributed by atoms with van der Waals surface area (Å²) in [7, 11) is 8.56. The van der Waals surface area contributed by atoms with Gasteiger partial charge in [-0.25, -0.2) is 0 Å². The van der Waals surface area contributed by atoms with Gasteiger partial charge in [-0.05, 0) is 110 Å². The van der Waals surface area contributed by atoms with Crippen LogP contribution in [0.5, 0.6) is 40.2 Å². The summed E-state index contributed by atoms with van der Waals surface area (Å²) in [5.41, 5.74) is 4.76. The highest BCUT2D eigenvalue weighted by molar-refractivity contribution is 8.77. The molecule has 62 heavy (non-hydrogen) atoms. The van der Waals surface area contributed by atoms with Crippen molar-refractivity contribution < 1.29 is 54.7 Å². The van der Waals surface area contributed by atoms with E-state index in [1.807, 2.05) is 29.0 Å². The number of methoxy groups -OCH3 is 1. The van der Waals surface area contributed by atoms with E-state index in [9.17, 15) is 35.7 Å². The molecule has 0 radical (unpaired) electrons. The van der Waals surface area contributed by atoms with Crippen molar-refractivity contribution >= 4 is 43.2 Å². The van der Waals surface area contributed by atoms with E-state index in [1.165, 1.54) is 18.3 Å². The van der Waals surface area contributed by atoms with Gasteiger partial charge in [-0.15, -0.1) is 0 Å². The number of hydrogen-bond acceptors (Lipinski definition) is 15. The van der Waals surface area contributed by atoms with Crippen molar-refractivity contribution in [3.63, 3.8) is 0 Å². The Morgan fingerprint density at radius 1 is 0.919 bits per heavy atom. The van der Waals surface area contributed by atoms with E-state index in [0.29, 0.717) is 55.0 Å². The van der Waals surface area contributed by atoms with E-state index < -0.39 is 23.0 Å². The van der Waals surface area contributed by atoms with Crippen molar-refractivity contribution in [1.29, 1.82) is 0 Å². The zero-order chi connectivity index (χ0) is 43.5. The first-order chi connectivity index (χ1) is 30.0. The van der Waals surface area contributed by atoms with Crippen LogP contribution in [-0.4, -0.2) is 104 Å². The number of aromatic hydroxyl groups is 3. The van der Waals surface area contributed by atoms with Crippen molar-refractivity contribution in [2.45, 2.75) is 105 Å². The Morgan fingerprint density at radius 2 is 1.74 bits per heavy atom. The quantitative estimate of drug-likeness (QED) is 0.0679. The molecule has 11 nitrogen and oxygen atoms in total. The van der Waals surface area contributed by atoms with Crippen LogP contribution in [0, 0.1) is 11.8 Å². The standard InChI is InChI=1S/C47H58O11S4/c1-24(2)10-14-56-35-19-32(42(52)44(55-3)43(35)53)47-11-8-36-40(45(47)54)39-34(58-47)20-33(57-15-13-49)38-28-6-5-27(51)18-29(28)31-7-4-25-16-26(9-12-48)30(37(17-25)62-61-36)21-59-60-23-46(31,22-50)41(38)39/h5-6,18-20,24-25,31,36-37,40,45,48-54H,4,7-17,21-23H2,1-3H3. The van der Waals surface area contributed by atoms with Crippen molar-refractivity contribution in [3.8, 4) is 51.4 Å². The molecule has 1 saturated carbocycles. The molecule has 5 heterocycles. The smallest absolute Gasteiger partial charge is 0.207 e. The van der Waals surface area contributed by atoms with Crippen LogP contribution in [0.1, 0.15) is 99.3 Å². The van der Waals surface area contributed by atoms with Crippen LogP contribution >= 0.6 is 43.2 Å². The molecule has 3 aromatic carbocycles. The van der Waals surface area contributed by atoms with Crippen molar-refractivity contribution in [2.24, 2.45) is 11.8 Å². The molecule has 0 spiro atoms. The average molecular weight is 927 g/mol. The summed E-state index contributed by atoms with van der Waals surface area (Å²) >= 11 is 0. The third-order valence-electron chi connectivity index (χ3n) is 14.3. The second-order valence-electron chi connectivity index (χ2n) is 18.2. The molecule has 0 aromatic heterocycles. The van der Waals surface area contributed by atoms with Crippen LogP contribution in [0.25, 0.3) is 11.1 Å². The third kappa shape index (κ3) is 7.32. The number of benzene rings is 3. The molecule has 3 aliphatic carbocycles. The second-order valence-corrected chi connectivity index (χ2v) is 23.3. The molecule has 1 saturated heterocycles. The molecular weight excluding hydrogens is 869 g/mol. The number of ether oxygens (including phenoxy) is 4. The van der Waals surface area contributed by atoms with Crippen LogP contribution in [-0.2, 0) is 11.0 Å². The van der Waals surface area contributed by atoms with Gasteiger partial charge in [0.15, 0.2) is 17.1 Å². The first-order valence-corrected chi connectivity index (χ1v) is 26.7. The molecule has 5 aliphatic heterocycles. The van der Waals surface area contributed by atoms with Crippen LogP contribution in [0.2, 0.25) is 0 Å². The summed E-state index contributed by atoms with van der Waals surface area (Å²) < 4.78 is 25.6. The SMILES string of the molecule is COc1c(O)c(OCCC(C)C)cc(C23CCC4SSC5CC6CCC7c8cc(O)ccc8-c8c(OCCO)cc(c(c8C7(CO)CSSCC5=C(CCO)C6)C4C2O)O3)c1O. The molecule has 11 rings (SSSR count). The zero-order valence-electron chi connectivity index (χ0n) is 35.4. The number of phenols is 3. The van der Waals surface area contributed by atoms with E-state index in [0.717, 1.165) is 65.7 Å². The van der Waals surface area contributed by atoms with Gasteiger partial charge in [0.25, 0.3) is 0 Å². The molecule has 336 valence electrons. The van der Waals surface area contributed by atoms with Gasteiger partial charge in [0.2, 0.25) is 11.5 Å². The lowest BCUT2D eigenvalue weighted by Crippen LogP contribution is -2.57. The molecule has 15 heteroatoms. The molecule has 0 amide bonds. The van der Waals surface area contributed by atoms with Crippen molar-refractivity contribution in [2.75, 3.05) is 51.6 Å². The molecule has 8 atom stereocenters. The monoisotopic (exact) mass is 926 g/mol. The fraction of sp³-hybridized carbons (Fsp3) is 0.574. The molecular formula is C47H58O11S4. The summed E-state index contributed by atoms with van der Waals surface area (Å²) in [6.07, 6.45) is 4.59. The van der Waals surface area contributed by atoms with Gasteiger partial charge >= 0.3 is 0 Å². The highest BCUT2D eigenvalue weighted by Gasteiger charge is 2.61. The van der Waals surface area contributed by atoms with Crippen LogP contribution < -0.4 is 18.9 Å². The maximum Gasteiger partial charge on any atom is 0.207 e. The summed E-state index contributed by atoms with van der Waals surface area (Å²) in [5.74, 6) is 1.52. The second kappa shape index (κ2) is 17.9. The van der Waals surface area contributed by atoms with Gasteiger partial charge in [-0.1, -0.05) is 68.7 Å². The lowest BCUT2D eigenvalue weighted by molar-refractivity contribution is -0.112. The number of aliphatic hydroxyl groups excluding tert-OH is 4. The normalized spacial score (nSPS) is 29.7. The van der Waals surface area contributed by atoms with Crippen LogP contribution in [0.4, 0.5) is 0 Å². The van der Waals surface area contributed by atoms with Gasteiger partial charge in [0.05, 0.1) is 26.9 Å². The highest BCUT2D eigenvalue weighted by atomic mass is 33.1. The summed E-state index contributed by atoms with van der Waals surface area (Å²) in [4.78, 5) is 0. The van der Waals surface area contributed by atoms with E-state index >= 15 is 0 Å². The zero-order valence-corrected chi connectivity index (χ0v) is 38.7. The first-order valence-electron chi connectivity index (χ1n) is 21.9. The number of phenolic OH excluding ortho intramolecular Hbond substituents is 3. The fourth-order valence-corrected chi connectivity index (χ4v) is 18.0. The lowest BCUT2D eigenvalue weighted by Gasteiger charge is -2.55. The van der Waals surface area contributed by atoms with Crippen LogP contribution in [0.3, 0.4) is 0 Å². The van der Waals surface area contributed by atoms with Crippen molar-refractivity contribution in [3.05, 3.63) is 63.7 Å². The predicted octanol–water partition coefficient (Wildman–Crippen LogP) is 8.52. The highest BCUT2D eigenvalue weighted by Crippen LogP contribution is 2.68. The minimum absolute atomic E-state index is 0.00745. The summed E-state index contributed by atoms with van der Waals surface area (Å²) in [6, 6.07) is 8.89. The summed E-state index contributed by atoms with van der Waals surface area (Å²) in [5, 5.41) is 80.7. The Balaban J connectivity index is 1.33. The molecule has 8 unspecified atom stereocenters. The number of aliphatic hydroxyl groups is 4. The first kappa shape index (κ1) is 44.4. The molecule has 3 aromatic rings. The Labute approximate surface area is 379 Å². The molecule has 8 aliphatic rings. The van der Waals surface area contributed by atoms with Gasteiger partial charge in [0.1, 0.15) is 30.0 Å². The maximum absolute atomic E-state index is 13.4. The number of hydrogen-bond donors (Lipinski definition) is 7. The van der Waals surface area contributed by atoms with Gasteiger partial charge in [0, 0.05) is 62.7 Å². The Bertz CT molecular complexity index is 2220. The Morgan fingerprint density at radius 3 is 2.50 bits per heavy atom. The summed E-state index contributed by atoms with van der Waals surface area (Å²) in [6.45, 7) is 4.11. The molecule has 2 fully saturated rings. The van der Waals surface area contributed by atoms with Crippen LogP contribution in [0.15, 0.2) is 41.5 Å². The number of rotatable bonds is 12. The lowest BCUT2D eigenvalue weighted by atomic mass is 9.56. The van der Waals surface area contributed by atoms with E-state index in [4.69, 9.17) is 18.9 Å². The average Bonchev–Trinajstić information content (AvgIpc) is 3.25. The predicted molar refractivity (Wildman–Crippen MR) is 248 cm³/mol. The van der Waals surface area contributed by atoms with Gasteiger partial charge in [-0.3, -0.25) is 0 Å². The van der Waals surface area contributed by atoms with E-state index in [-0.39, 0.29) is 77.2 Å². The topological polar surface area (TPSA) is 179 Å². The number of fused-ring (bicyclic) bond motifs is 5. The Hall–Kier alpha value is -2.76. The third-order valence-corrected chi connectivity index (χ3v) is 20.1. The minimum atomic E-state index is -1.52. The Kier molecular flexibility index (Phi) is 12.8. The van der Waals surface area contributed by atoms with Gasteiger partial charge in [-0.2, -0.15) is 0 Å². The van der Waals surface area contributed by atoms with Gasteiger partial charge < -0.3 is 54.7 Å². The van der Waals surface area contributed by atoms with E-state index in [1.54, 1.807) is 44.5 Å². The largest absolute Gasteiger partial charge is 0.508 e. The fourth-order valence-electron chi connectivity index (χ4n) is 11.4. The molecule has 7 N–H and O–H groups in total. The van der Waals surface area contributed by atoms with E-state index in [2.05, 4.69) is 13.8 Å². The van der Waals surface area contributed by atoms with Crippen molar-refractivity contribution in [1.82, 2.24) is 0 Å².